The molecule has 1 atom stereocenters. The van der Waals surface area contributed by atoms with Gasteiger partial charge in [0, 0.05) is 43.9 Å². The number of nitrogens with one attached hydrogen (secondary N) is 2. The number of oxazole rings is 1. The molecule has 1 amide bonds. The molecule has 2 N–H and O–H groups in total. The summed E-state index contributed by atoms with van der Waals surface area (Å²) in [5.74, 6) is 2.55. The molecule has 3 heterocycles. The fourth-order valence-corrected chi connectivity index (χ4v) is 3.65. The van der Waals surface area contributed by atoms with Gasteiger partial charge in [-0.05, 0) is 12.8 Å². The molecular formula is C18H30IN5O2. The molecule has 1 unspecified atom stereocenters. The third kappa shape index (κ3) is 4.69. The van der Waals surface area contributed by atoms with Crippen LogP contribution in [0.4, 0.5) is 0 Å². The Labute approximate surface area is 172 Å². The smallest absolute Gasteiger partial charge is 0.220 e. The summed E-state index contributed by atoms with van der Waals surface area (Å²) < 4.78 is 5.84. The van der Waals surface area contributed by atoms with Gasteiger partial charge in [-0.3, -0.25) is 9.79 Å². The molecule has 146 valence electrons. The van der Waals surface area contributed by atoms with E-state index in [1.165, 1.54) is 0 Å². The van der Waals surface area contributed by atoms with Gasteiger partial charge in [-0.2, -0.15) is 0 Å². The highest BCUT2D eigenvalue weighted by atomic mass is 127. The van der Waals surface area contributed by atoms with Crippen LogP contribution in [-0.2, 0) is 16.8 Å². The Hall–Kier alpha value is -1.32. The Morgan fingerprint density at radius 3 is 2.85 bits per heavy atom. The lowest BCUT2D eigenvalue weighted by molar-refractivity contribution is -0.119. The maximum atomic E-state index is 11.7. The number of halogens is 1. The molecule has 7 nitrogen and oxygen atoms in total. The molecule has 1 aromatic heterocycles. The van der Waals surface area contributed by atoms with E-state index >= 15 is 0 Å². The third-order valence-corrected chi connectivity index (χ3v) is 5.06. The highest BCUT2D eigenvalue weighted by Gasteiger charge is 2.42. The predicted molar refractivity (Wildman–Crippen MR) is 112 cm³/mol. The monoisotopic (exact) mass is 475 g/mol. The molecule has 0 aliphatic carbocycles. The SMILES string of the molecule is CN=C(NCc1ncc(C(C)(C)C)o1)N1CCCC2(CNC(=O)C2)C1.I. The first-order valence-corrected chi connectivity index (χ1v) is 8.99. The van der Waals surface area contributed by atoms with Crippen molar-refractivity contribution in [3.63, 3.8) is 0 Å². The molecular weight excluding hydrogens is 445 g/mol. The summed E-state index contributed by atoms with van der Waals surface area (Å²) in [7, 11) is 1.79. The van der Waals surface area contributed by atoms with Gasteiger partial charge in [0.2, 0.25) is 11.8 Å². The second-order valence-corrected chi connectivity index (χ2v) is 8.25. The molecule has 0 radical (unpaired) electrons. The molecule has 1 aromatic rings. The second-order valence-electron chi connectivity index (χ2n) is 8.25. The van der Waals surface area contributed by atoms with Crippen LogP contribution >= 0.6 is 24.0 Å². The standard InChI is InChI=1S/C18H29N5O2.HI/c1-17(2,3)13-9-20-15(25-13)10-21-16(19-4)23-7-5-6-18(12-23)8-14(24)22-11-18;/h9H,5-8,10-12H2,1-4H3,(H,19,21)(H,22,24);1H. The zero-order valence-electron chi connectivity index (χ0n) is 16.1. The van der Waals surface area contributed by atoms with Crippen molar-refractivity contribution in [2.75, 3.05) is 26.7 Å². The number of aromatic nitrogens is 1. The Bertz CT molecular complexity index is 667. The van der Waals surface area contributed by atoms with Gasteiger partial charge < -0.3 is 20.0 Å². The number of amides is 1. The van der Waals surface area contributed by atoms with Crippen molar-refractivity contribution in [1.29, 1.82) is 0 Å². The lowest BCUT2D eigenvalue weighted by Crippen LogP contribution is -2.51. The fraction of sp³-hybridized carbons (Fsp3) is 0.722. The van der Waals surface area contributed by atoms with Crippen LogP contribution in [0.1, 0.15) is 51.7 Å². The lowest BCUT2D eigenvalue weighted by atomic mass is 9.79. The number of nitrogens with zero attached hydrogens (tertiary/aromatic N) is 3. The van der Waals surface area contributed by atoms with Crippen LogP contribution in [0, 0.1) is 5.41 Å². The van der Waals surface area contributed by atoms with Gasteiger partial charge in [0.25, 0.3) is 0 Å². The number of hydrogen-bond donors (Lipinski definition) is 2. The molecule has 3 rings (SSSR count). The molecule has 0 aromatic carbocycles. The number of hydrogen-bond acceptors (Lipinski definition) is 4. The van der Waals surface area contributed by atoms with Crippen molar-refractivity contribution in [1.82, 2.24) is 20.5 Å². The molecule has 2 saturated heterocycles. The first kappa shape index (κ1) is 21.0. The van der Waals surface area contributed by atoms with Crippen molar-refractivity contribution < 1.29 is 9.21 Å². The van der Waals surface area contributed by atoms with Gasteiger partial charge >= 0.3 is 0 Å². The maximum Gasteiger partial charge on any atom is 0.220 e. The summed E-state index contributed by atoms with van der Waals surface area (Å²) in [6.45, 7) is 9.39. The van der Waals surface area contributed by atoms with E-state index in [1.807, 2.05) is 0 Å². The van der Waals surface area contributed by atoms with E-state index < -0.39 is 0 Å². The molecule has 2 aliphatic rings. The van der Waals surface area contributed by atoms with Crippen LogP contribution in [0.3, 0.4) is 0 Å². The normalized spacial score (nSPS) is 23.8. The number of guanidine groups is 1. The molecule has 8 heteroatoms. The third-order valence-electron chi connectivity index (χ3n) is 5.06. The zero-order chi connectivity index (χ0) is 18.1. The maximum absolute atomic E-state index is 11.7. The Morgan fingerprint density at radius 2 is 2.27 bits per heavy atom. The van der Waals surface area contributed by atoms with E-state index in [1.54, 1.807) is 13.2 Å². The molecule has 0 bridgehead atoms. The van der Waals surface area contributed by atoms with E-state index in [4.69, 9.17) is 4.42 Å². The number of piperidine rings is 1. The van der Waals surface area contributed by atoms with Crippen LogP contribution in [0.5, 0.6) is 0 Å². The van der Waals surface area contributed by atoms with Gasteiger partial charge in [0.05, 0.1) is 12.7 Å². The average Bonchev–Trinajstić information content (AvgIpc) is 3.15. The number of carbonyl (C=O) groups is 1. The topological polar surface area (TPSA) is 82.8 Å². The van der Waals surface area contributed by atoms with Crippen LogP contribution in [-0.4, -0.2) is 48.4 Å². The average molecular weight is 475 g/mol. The largest absolute Gasteiger partial charge is 0.443 e. The van der Waals surface area contributed by atoms with Gasteiger partial charge in [0.15, 0.2) is 5.96 Å². The van der Waals surface area contributed by atoms with Crippen molar-refractivity contribution in [3.05, 3.63) is 17.8 Å². The van der Waals surface area contributed by atoms with Crippen molar-refractivity contribution in [2.45, 2.75) is 52.0 Å². The molecule has 0 saturated carbocycles. The van der Waals surface area contributed by atoms with E-state index in [-0.39, 0.29) is 40.7 Å². The minimum atomic E-state index is -0.0474. The summed E-state index contributed by atoms with van der Waals surface area (Å²) in [6, 6.07) is 0. The van der Waals surface area contributed by atoms with Crippen LogP contribution in [0.25, 0.3) is 0 Å². The van der Waals surface area contributed by atoms with Gasteiger partial charge in [-0.1, -0.05) is 20.8 Å². The predicted octanol–water partition coefficient (Wildman–Crippen LogP) is 2.27. The Morgan fingerprint density at radius 1 is 1.50 bits per heavy atom. The number of carbonyl (C=O) groups excluding carboxylic acids is 1. The minimum Gasteiger partial charge on any atom is -0.443 e. The Balaban J connectivity index is 0.00000243. The molecule has 1 spiro atoms. The second kappa shape index (κ2) is 8.14. The summed E-state index contributed by atoms with van der Waals surface area (Å²) in [5.41, 5.74) is 0.00345. The summed E-state index contributed by atoms with van der Waals surface area (Å²) in [4.78, 5) is 22.7. The zero-order valence-corrected chi connectivity index (χ0v) is 18.4. The molecule has 2 fully saturated rings. The van der Waals surface area contributed by atoms with Crippen LogP contribution in [0.15, 0.2) is 15.6 Å². The molecule has 26 heavy (non-hydrogen) atoms. The van der Waals surface area contributed by atoms with Crippen molar-refractivity contribution in [2.24, 2.45) is 10.4 Å². The first-order valence-electron chi connectivity index (χ1n) is 8.99. The summed E-state index contributed by atoms with van der Waals surface area (Å²) in [5, 5.41) is 6.33. The minimum absolute atomic E-state index is 0. The van der Waals surface area contributed by atoms with Gasteiger partial charge in [0.1, 0.15) is 5.76 Å². The van der Waals surface area contributed by atoms with Crippen molar-refractivity contribution in [3.8, 4) is 0 Å². The quantitative estimate of drug-likeness (QED) is 0.390. The highest BCUT2D eigenvalue weighted by molar-refractivity contribution is 14.0. The lowest BCUT2D eigenvalue weighted by Gasteiger charge is -2.40. The fourth-order valence-electron chi connectivity index (χ4n) is 3.65. The van der Waals surface area contributed by atoms with Gasteiger partial charge in [-0.15, -0.1) is 24.0 Å². The Kier molecular flexibility index (Phi) is 6.57. The summed E-state index contributed by atoms with van der Waals surface area (Å²) >= 11 is 0. The van der Waals surface area contributed by atoms with E-state index in [9.17, 15) is 4.79 Å². The van der Waals surface area contributed by atoms with Crippen molar-refractivity contribution >= 4 is 35.8 Å². The highest BCUT2D eigenvalue weighted by Crippen LogP contribution is 2.36. The molecule has 2 aliphatic heterocycles. The number of rotatable bonds is 2. The van der Waals surface area contributed by atoms with E-state index in [2.05, 4.69) is 46.3 Å². The first-order chi connectivity index (χ1) is 11.8. The summed E-state index contributed by atoms with van der Waals surface area (Å²) in [6.07, 6.45) is 4.58. The number of aliphatic imine (C=N–C) groups is 1. The number of likely N-dealkylation sites (tertiary alicyclic amines) is 1. The van der Waals surface area contributed by atoms with Crippen LogP contribution < -0.4 is 10.6 Å². The van der Waals surface area contributed by atoms with E-state index in [0.717, 1.165) is 44.2 Å². The van der Waals surface area contributed by atoms with E-state index in [0.29, 0.717) is 18.9 Å². The van der Waals surface area contributed by atoms with Gasteiger partial charge in [-0.25, -0.2) is 4.98 Å². The van der Waals surface area contributed by atoms with Crippen LogP contribution in [0.2, 0.25) is 0 Å².